The van der Waals surface area contributed by atoms with Gasteiger partial charge in [0, 0.05) is 10.0 Å². The number of hydrogen-bond donors (Lipinski definition) is 2. The quantitative estimate of drug-likeness (QED) is 0.630. The first-order valence-corrected chi connectivity index (χ1v) is 7.99. The molecule has 0 aliphatic heterocycles. The maximum atomic E-state index is 12.0. The van der Waals surface area contributed by atoms with Crippen molar-refractivity contribution in [3.63, 3.8) is 0 Å². The summed E-state index contributed by atoms with van der Waals surface area (Å²) in [5.41, 5.74) is 1.34. The number of nitriles is 1. The van der Waals surface area contributed by atoms with Gasteiger partial charge in [-0.3, -0.25) is 4.79 Å². The number of halogens is 1. The number of H-pyrrole nitrogens is 1. The molecule has 5 nitrogen and oxygen atoms in total. The van der Waals surface area contributed by atoms with Crippen molar-refractivity contribution in [3.8, 4) is 23.1 Å². The van der Waals surface area contributed by atoms with Crippen LogP contribution in [0.2, 0.25) is 0 Å². The average Bonchev–Trinajstić information content (AvgIpc) is 2.45. The van der Waals surface area contributed by atoms with E-state index in [2.05, 4.69) is 25.9 Å². The van der Waals surface area contributed by atoms with Gasteiger partial charge in [-0.05, 0) is 37.3 Å². The standard InChI is InChI=1S/C14H12BrN3O2S/c1-6-4-9(15)7(2)10(12(6)19)11-8(5-16)13(20)18-14(17-11)21-3/h4,19H,1-3H3,(H,17,18,20). The third-order valence-corrected chi connectivity index (χ3v) is 4.53. The van der Waals surface area contributed by atoms with Crippen molar-refractivity contribution in [2.24, 2.45) is 0 Å². The van der Waals surface area contributed by atoms with Crippen molar-refractivity contribution in [2.45, 2.75) is 19.0 Å². The molecule has 2 rings (SSSR count). The largest absolute Gasteiger partial charge is 0.507 e. The molecule has 21 heavy (non-hydrogen) atoms. The van der Waals surface area contributed by atoms with Crippen molar-refractivity contribution < 1.29 is 5.11 Å². The third-order valence-electron chi connectivity index (χ3n) is 3.13. The highest BCUT2D eigenvalue weighted by atomic mass is 79.9. The Hall–Kier alpha value is -1.78. The number of benzene rings is 1. The Balaban J connectivity index is 2.95. The van der Waals surface area contributed by atoms with Crippen LogP contribution in [0.4, 0.5) is 0 Å². The minimum absolute atomic E-state index is 0.0253. The molecule has 0 fully saturated rings. The average molecular weight is 366 g/mol. The van der Waals surface area contributed by atoms with Crippen LogP contribution >= 0.6 is 27.7 Å². The van der Waals surface area contributed by atoms with Crippen LogP contribution in [-0.4, -0.2) is 21.3 Å². The molecule has 1 aromatic carbocycles. The molecule has 0 radical (unpaired) electrons. The van der Waals surface area contributed by atoms with Gasteiger partial charge in [-0.25, -0.2) is 4.98 Å². The molecule has 0 unspecified atom stereocenters. The number of hydrogen-bond acceptors (Lipinski definition) is 5. The van der Waals surface area contributed by atoms with E-state index in [1.165, 1.54) is 11.8 Å². The number of aromatic nitrogens is 2. The summed E-state index contributed by atoms with van der Waals surface area (Å²) in [5, 5.41) is 20.0. The molecule has 2 N–H and O–H groups in total. The van der Waals surface area contributed by atoms with Crippen LogP contribution in [0.5, 0.6) is 5.75 Å². The second-order valence-corrected chi connectivity index (χ2v) is 6.08. The molecule has 0 bridgehead atoms. The van der Waals surface area contributed by atoms with Gasteiger partial charge in [-0.2, -0.15) is 5.26 Å². The SMILES string of the molecule is CSc1nc(-c2c(C)c(Br)cc(C)c2O)c(C#N)c(=O)[nH]1. The van der Waals surface area contributed by atoms with Crippen molar-refractivity contribution in [3.05, 3.63) is 37.6 Å². The second-order valence-electron chi connectivity index (χ2n) is 4.43. The summed E-state index contributed by atoms with van der Waals surface area (Å²) in [6.07, 6.45) is 1.77. The highest BCUT2D eigenvalue weighted by Crippen LogP contribution is 2.39. The molecular weight excluding hydrogens is 354 g/mol. The molecule has 0 amide bonds. The Morgan fingerprint density at radius 1 is 1.48 bits per heavy atom. The first-order chi connectivity index (χ1) is 9.90. The van der Waals surface area contributed by atoms with E-state index in [0.717, 1.165) is 10.0 Å². The molecule has 0 aliphatic carbocycles. The predicted octanol–water partition coefficient (Wildman–Crippen LogP) is 3.12. The van der Waals surface area contributed by atoms with E-state index in [1.807, 2.05) is 6.07 Å². The predicted molar refractivity (Wildman–Crippen MR) is 85.6 cm³/mol. The number of rotatable bonds is 2. The highest BCUT2D eigenvalue weighted by Gasteiger charge is 2.20. The summed E-state index contributed by atoms with van der Waals surface area (Å²) in [5.74, 6) is 0.0253. The summed E-state index contributed by atoms with van der Waals surface area (Å²) in [7, 11) is 0. The first-order valence-electron chi connectivity index (χ1n) is 5.98. The van der Waals surface area contributed by atoms with Crippen molar-refractivity contribution in [2.75, 3.05) is 6.26 Å². The van der Waals surface area contributed by atoms with E-state index in [9.17, 15) is 15.2 Å². The molecule has 108 valence electrons. The van der Waals surface area contributed by atoms with Crippen LogP contribution in [-0.2, 0) is 0 Å². The van der Waals surface area contributed by atoms with Crippen LogP contribution in [0.15, 0.2) is 20.5 Å². The Morgan fingerprint density at radius 2 is 2.14 bits per heavy atom. The van der Waals surface area contributed by atoms with Crippen LogP contribution < -0.4 is 5.56 Å². The molecule has 0 aliphatic rings. The minimum Gasteiger partial charge on any atom is -0.507 e. The van der Waals surface area contributed by atoms with Gasteiger partial charge in [0.25, 0.3) is 5.56 Å². The van der Waals surface area contributed by atoms with Gasteiger partial charge in [-0.15, -0.1) is 0 Å². The molecule has 0 saturated heterocycles. The number of aromatic hydroxyl groups is 1. The summed E-state index contributed by atoms with van der Waals surface area (Å²) in [4.78, 5) is 18.8. The van der Waals surface area contributed by atoms with Gasteiger partial charge in [-0.1, -0.05) is 27.7 Å². The zero-order valence-electron chi connectivity index (χ0n) is 11.6. The fourth-order valence-electron chi connectivity index (χ4n) is 1.98. The lowest BCUT2D eigenvalue weighted by molar-refractivity contribution is 0.472. The van der Waals surface area contributed by atoms with Crippen LogP contribution in [0.3, 0.4) is 0 Å². The summed E-state index contributed by atoms with van der Waals surface area (Å²) in [6.45, 7) is 3.54. The van der Waals surface area contributed by atoms with Gasteiger partial charge < -0.3 is 10.1 Å². The smallest absolute Gasteiger partial charge is 0.270 e. The van der Waals surface area contributed by atoms with E-state index < -0.39 is 5.56 Å². The van der Waals surface area contributed by atoms with Crippen LogP contribution in [0, 0.1) is 25.2 Å². The number of thioether (sulfide) groups is 1. The van der Waals surface area contributed by atoms with Gasteiger partial charge >= 0.3 is 0 Å². The normalized spacial score (nSPS) is 10.4. The highest BCUT2D eigenvalue weighted by molar-refractivity contribution is 9.10. The Labute approximate surface area is 134 Å². The number of nitrogens with one attached hydrogen (secondary N) is 1. The molecular formula is C14H12BrN3O2S. The number of phenolic OH excluding ortho intramolecular Hbond substituents is 1. The molecule has 2 aromatic rings. The fourth-order valence-corrected chi connectivity index (χ4v) is 2.90. The van der Waals surface area contributed by atoms with Crippen molar-refractivity contribution in [1.82, 2.24) is 9.97 Å². The Bertz CT molecular complexity index is 798. The fraction of sp³-hybridized carbons (Fsp3) is 0.214. The molecule has 0 atom stereocenters. The van der Waals surface area contributed by atoms with Gasteiger partial charge in [0.05, 0.1) is 0 Å². The minimum atomic E-state index is -0.511. The zero-order valence-corrected chi connectivity index (χ0v) is 14.0. The van der Waals surface area contributed by atoms with Crippen LogP contribution in [0.1, 0.15) is 16.7 Å². The monoisotopic (exact) mass is 365 g/mol. The third kappa shape index (κ3) is 2.69. The number of aromatic amines is 1. The summed E-state index contributed by atoms with van der Waals surface area (Å²) >= 11 is 4.68. The lowest BCUT2D eigenvalue weighted by atomic mass is 9.98. The number of phenols is 1. The molecule has 0 spiro atoms. The van der Waals surface area contributed by atoms with Crippen molar-refractivity contribution >= 4 is 27.7 Å². The summed E-state index contributed by atoms with van der Waals surface area (Å²) < 4.78 is 0.782. The first kappa shape index (κ1) is 15.6. The van der Waals surface area contributed by atoms with Gasteiger partial charge in [0.15, 0.2) is 5.16 Å². The lowest BCUT2D eigenvalue weighted by Gasteiger charge is -2.13. The molecule has 0 saturated carbocycles. The summed E-state index contributed by atoms with van der Waals surface area (Å²) in [6, 6.07) is 3.65. The second kappa shape index (κ2) is 5.92. The number of nitrogens with zero attached hydrogens (tertiary/aromatic N) is 2. The van der Waals surface area contributed by atoms with Crippen molar-refractivity contribution in [1.29, 1.82) is 5.26 Å². The van der Waals surface area contributed by atoms with E-state index in [0.29, 0.717) is 16.3 Å². The molecule has 1 heterocycles. The molecule has 1 aromatic heterocycles. The van der Waals surface area contributed by atoms with E-state index in [4.69, 9.17) is 0 Å². The van der Waals surface area contributed by atoms with E-state index in [-0.39, 0.29) is 17.0 Å². The lowest BCUT2D eigenvalue weighted by Crippen LogP contribution is -2.15. The number of aryl methyl sites for hydroxylation is 1. The topological polar surface area (TPSA) is 89.8 Å². The van der Waals surface area contributed by atoms with Gasteiger partial charge in [0.2, 0.25) is 0 Å². The zero-order chi connectivity index (χ0) is 15.7. The molecule has 7 heteroatoms. The van der Waals surface area contributed by atoms with E-state index >= 15 is 0 Å². The Morgan fingerprint density at radius 3 is 2.71 bits per heavy atom. The maximum Gasteiger partial charge on any atom is 0.270 e. The van der Waals surface area contributed by atoms with Gasteiger partial charge in [0.1, 0.15) is 23.1 Å². The van der Waals surface area contributed by atoms with E-state index in [1.54, 1.807) is 26.2 Å². The maximum absolute atomic E-state index is 12.0. The Kier molecular flexibility index (Phi) is 4.40. The van der Waals surface area contributed by atoms with Crippen LogP contribution in [0.25, 0.3) is 11.3 Å².